The van der Waals surface area contributed by atoms with Crippen LogP contribution in [-0.2, 0) is 0 Å². The molecule has 25 heavy (non-hydrogen) atoms. The van der Waals surface area contributed by atoms with Crippen LogP contribution in [0.3, 0.4) is 0 Å². The predicted molar refractivity (Wildman–Crippen MR) is 94.2 cm³/mol. The Kier molecular flexibility index (Phi) is 4.83. The SMILES string of the molecule is CC(=O)c1ccc(C(=O)Nc2nnc(-c3ccc(Cl)cc3Cl)o2)cc1. The minimum atomic E-state index is -0.437. The molecule has 3 aromatic rings. The summed E-state index contributed by atoms with van der Waals surface area (Å²) >= 11 is 11.9. The normalized spacial score (nSPS) is 10.5. The summed E-state index contributed by atoms with van der Waals surface area (Å²) in [6.07, 6.45) is 0. The van der Waals surface area contributed by atoms with E-state index in [1.165, 1.54) is 6.92 Å². The highest BCUT2D eigenvalue weighted by Crippen LogP contribution is 2.30. The molecule has 1 heterocycles. The van der Waals surface area contributed by atoms with Crippen molar-refractivity contribution in [1.29, 1.82) is 0 Å². The Morgan fingerprint density at radius 3 is 2.32 bits per heavy atom. The highest BCUT2D eigenvalue weighted by atomic mass is 35.5. The minimum Gasteiger partial charge on any atom is -0.403 e. The number of anilines is 1. The number of carbonyl (C=O) groups excluding carboxylic acids is 2. The molecule has 0 aliphatic carbocycles. The van der Waals surface area contributed by atoms with Crippen molar-refractivity contribution >= 4 is 40.9 Å². The van der Waals surface area contributed by atoms with Crippen LogP contribution in [0, 0.1) is 0 Å². The lowest BCUT2D eigenvalue weighted by Gasteiger charge is -2.02. The van der Waals surface area contributed by atoms with Crippen LogP contribution < -0.4 is 5.32 Å². The molecule has 0 aliphatic rings. The van der Waals surface area contributed by atoms with Gasteiger partial charge in [-0.25, -0.2) is 0 Å². The molecular formula is C17H11Cl2N3O3. The van der Waals surface area contributed by atoms with Crippen molar-refractivity contribution in [2.45, 2.75) is 6.92 Å². The Balaban J connectivity index is 1.76. The van der Waals surface area contributed by atoms with Crippen LogP contribution >= 0.6 is 23.2 Å². The predicted octanol–water partition coefficient (Wildman–Crippen LogP) is 4.50. The zero-order valence-corrected chi connectivity index (χ0v) is 14.4. The van der Waals surface area contributed by atoms with Crippen molar-refractivity contribution < 1.29 is 14.0 Å². The molecule has 0 aliphatic heterocycles. The molecule has 0 unspecified atom stereocenters. The average Bonchev–Trinajstić information content (AvgIpc) is 3.03. The number of benzene rings is 2. The van der Waals surface area contributed by atoms with Gasteiger partial charge in [0, 0.05) is 16.1 Å². The second-order valence-corrected chi connectivity index (χ2v) is 5.97. The highest BCUT2D eigenvalue weighted by Gasteiger charge is 2.15. The lowest BCUT2D eigenvalue weighted by molar-refractivity contribution is 0.100. The number of Topliss-reactive ketones (excluding diaryl/α,β-unsaturated/α-hetero) is 1. The third-order valence-electron chi connectivity index (χ3n) is 3.36. The smallest absolute Gasteiger partial charge is 0.322 e. The fourth-order valence-electron chi connectivity index (χ4n) is 2.07. The van der Waals surface area contributed by atoms with Crippen molar-refractivity contribution in [3.05, 3.63) is 63.6 Å². The lowest BCUT2D eigenvalue weighted by atomic mass is 10.1. The summed E-state index contributed by atoms with van der Waals surface area (Å²) < 4.78 is 5.41. The topological polar surface area (TPSA) is 85.1 Å². The van der Waals surface area contributed by atoms with Gasteiger partial charge >= 0.3 is 6.01 Å². The Morgan fingerprint density at radius 2 is 1.68 bits per heavy atom. The van der Waals surface area contributed by atoms with E-state index >= 15 is 0 Å². The number of rotatable bonds is 4. The Hall–Kier alpha value is -2.70. The van der Waals surface area contributed by atoms with Crippen LogP contribution in [0.1, 0.15) is 27.6 Å². The number of hydrogen-bond acceptors (Lipinski definition) is 5. The molecule has 0 bridgehead atoms. The maximum absolute atomic E-state index is 12.2. The van der Waals surface area contributed by atoms with Crippen LogP contribution in [0.15, 0.2) is 46.9 Å². The first-order valence-electron chi connectivity index (χ1n) is 7.15. The molecule has 3 rings (SSSR count). The maximum Gasteiger partial charge on any atom is 0.322 e. The van der Waals surface area contributed by atoms with Crippen molar-refractivity contribution in [3.63, 3.8) is 0 Å². The summed E-state index contributed by atoms with van der Waals surface area (Å²) in [5.74, 6) is -0.357. The van der Waals surface area contributed by atoms with Gasteiger partial charge in [-0.1, -0.05) is 40.4 Å². The molecule has 0 saturated heterocycles. The Labute approximate surface area is 152 Å². The molecule has 0 spiro atoms. The van der Waals surface area contributed by atoms with Gasteiger partial charge < -0.3 is 4.42 Å². The second-order valence-electron chi connectivity index (χ2n) is 5.12. The fraction of sp³-hybridized carbons (Fsp3) is 0.0588. The zero-order chi connectivity index (χ0) is 18.0. The third-order valence-corrected chi connectivity index (χ3v) is 3.91. The first kappa shape index (κ1) is 17.1. The summed E-state index contributed by atoms with van der Waals surface area (Å²) in [6, 6.07) is 11.0. The van der Waals surface area contributed by atoms with E-state index in [9.17, 15) is 9.59 Å². The first-order valence-corrected chi connectivity index (χ1v) is 7.91. The minimum absolute atomic E-state index is 0.0679. The van der Waals surface area contributed by atoms with Crippen LogP contribution in [0.2, 0.25) is 10.0 Å². The van der Waals surface area contributed by atoms with Crippen molar-refractivity contribution in [2.24, 2.45) is 0 Å². The van der Waals surface area contributed by atoms with Crippen molar-refractivity contribution in [3.8, 4) is 11.5 Å². The van der Waals surface area contributed by atoms with Crippen LogP contribution in [0.5, 0.6) is 0 Å². The molecule has 1 amide bonds. The lowest BCUT2D eigenvalue weighted by Crippen LogP contribution is -2.12. The number of amides is 1. The van der Waals surface area contributed by atoms with Gasteiger partial charge in [-0.3, -0.25) is 14.9 Å². The van der Waals surface area contributed by atoms with E-state index in [1.807, 2.05) is 0 Å². The van der Waals surface area contributed by atoms with Gasteiger partial charge in [-0.05, 0) is 37.3 Å². The van der Waals surface area contributed by atoms with E-state index in [0.717, 1.165) is 0 Å². The van der Waals surface area contributed by atoms with E-state index in [4.69, 9.17) is 27.6 Å². The van der Waals surface area contributed by atoms with Gasteiger partial charge in [0.25, 0.3) is 11.8 Å². The standard InChI is InChI=1S/C17H11Cl2N3O3/c1-9(23)10-2-4-11(5-3-10)15(24)20-17-22-21-16(25-17)13-7-6-12(18)8-14(13)19/h2-8H,1H3,(H,20,22,24). The van der Waals surface area contributed by atoms with Crippen molar-refractivity contribution in [2.75, 3.05) is 5.32 Å². The Morgan fingerprint density at radius 1 is 1.00 bits per heavy atom. The molecule has 0 radical (unpaired) electrons. The largest absolute Gasteiger partial charge is 0.403 e. The van der Waals surface area contributed by atoms with Gasteiger partial charge in [0.05, 0.1) is 10.6 Å². The van der Waals surface area contributed by atoms with Crippen LogP contribution in [0.4, 0.5) is 6.01 Å². The van der Waals surface area contributed by atoms with E-state index in [0.29, 0.717) is 26.7 Å². The van der Waals surface area contributed by atoms with Gasteiger partial charge in [-0.2, -0.15) is 0 Å². The quantitative estimate of drug-likeness (QED) is 0.678. The van der Waals surface area contributed by atoms with E-state index in [-0.39, 0.29) is 17.7 Å². The molecule has 6 nitrogen and oxygen atoms in total. The number of ketones is 1. The molecular weight excluding hydrogens is 365 g/mol. The Bertz CT molecular complexity index is 952. The van der Waals surface area contributed by atoms with Gasteiger partial charge in [0.2, 0.25) is 0 Å². The average molecular weight is 376 g/mol. The zero-order valence-electron chi connectivity index (χ0n) is 12.9. The number of hydrogen-bond donors (Lipinski definition) is 1. The van der Waals surface area contributed by atoms with Gasteiger partial charge in [0.1, 0.15) is 0 Å². The second kappa shape index (κ2) is 7.04. The van der Waals surface area contributed by atoms with Gasteiger partial charge in [0.15, 0.2) is 5.78 Å². The molecule has 1 N–H and O–H groups in total. The van der Waals surface area contributed by atoms with Crippen molar-refractivity contribution in [1.82, 2.24) is 10.2 Å². The number of aromatic nitrogens is 2. The number of nitrogens with one attached hydrogen (secondary N) is 1. The van der Waals surface area contributed by atoms with E-state index < -0.39 is 5.91 Å². The monoisotopic (exact) mass is 375 g/mol. The highest BCUT2D eigenvalue weighted by molar-refractivity contribution is 6.36. The molecule has 0 fully saturated rings. The molecule has 8 heteroatoms. The summed E-state index contributed by atoms with van der Waals surface area (Å²) in [5, 5.41) is 11.0. The van der Waals surface area contributed by atoms with Gasteiger partial charge in [-0.15, -0.1) is 5.10 Å². The van der Waals surface area contributed by atoms with E-state index in [2.05, 4.69) is 15.5 Å². The van der Waals surface area contributed by atoms with E-state index in [1.54, 1.807) is 42.5 Å². The number of halogens is 2. The molecule has 0 atom stereocenters. The number of nitrogens with zero attached hydrogens (tertiary/aromatic N) is 2. The summed E-state index contributed by atoms with van der Waals surface area (Å²) in [7, 11) is 0. The number of carbonyl (C=O) groups is 2. The maximum atomic E-state index is 12.2. The molecule has 1 aromatic heterocycles. The summed E-state index contributed by atoms with van der Waals surface area (Å²) in [5.41, 5.74) is 1.38. The molecule has 0 saturated carbocycles. The third kappa shape index (κ3) is 3.87. The fourth-order valence-corrected chi connectivity index (χ4v) is 2.56. The summed E-state index contributed by atoms with van der Waals surface area (Å²) in [4.78, 5) is 23.4. The van der Waals surface area contributed by atoms with Crippen LogP contribution in [-0.4, -0.2) is 21.9 Å². The summed E-state index contributed by atoms with van der Waals surface area (Å²) in [6.45, 7) is 1.46. The molecule has 126 valence electrons. The molecule has 2 aromatic carbocycles. The first-order chi connectivity index (χ1) is 11.9. The van der Waals surface area contributed by atoms with Crippen LogP contribution in [0.25, 0.3) is 11.5 Å².